The highest BCUT2D eigenvalue weighted by Crippen LogP contribution is 2.20. The van der Waals surface area contributed by atoms with Gasteiger partial charge in [0.15, 0.2) is 23.3 Å². The molecule has 0 saturated heterocycles. The first-order valence-corrected chi connectivity index (χ1v) is 3.68. The quantitative estimate of drug-likeness (QED) is 0.581. The van der Waals surface area contributed by atoms with Gasteiger partial charge in [-0.1, -0.05) is 12.2 Å². The van der Waals surface area contributed by atoms with Crippen LogP contribution in [0.3, 0.4) is 0 Å². The Bertz CT molecular complexity index is 347. The smallest absolute Gasteiger partial charge is 0.169 e. The predicted octanol–water partition coefficient (Wildman–Crippen LogP) is 2.25. The van der Waals surface area contributed by atoms with E-state index in [0.717, 1.165) is 12.2 Å². The molecule has 14 heavy (non-hydrogen) atoms. The molecule has 0 aliphatic carbocycles. The van der Waals surface area contributed by atoms with Crippen LogP contribution >= 0.6 is 0 Å². The third kappa shape index (κ3) is 1.93. The number of aliphatic hydroxyl groups is 1. The highest BCUT2D eigenvalue weighted by atomic mass is 19.2. The van der Waals surface area contributed by atoms with E-state index in [2.05, 4.69) is 0 Å². The standard InChI is InChI=1S/C9H6F4O/c10-6-4-7(11)9(13)5(8(6)12)2-1-3-14/h1-2,4,14H,3H2. The van der Waals surface area contributed by atoms with Gasteiger partial charge in [-0.3, -0.25) is 0 Å². The van der Waals surface area contributed by atoms with Crippen molar-refractivity contribution in [3.63, 3.8) is 0 Å². The van der Waals surface area contributed by atoms with E-state index < -0.39 is 35.4 Å². The van der Waals surface area contributed by atoms with E-state index in [1.54, 1.807) is 0 Å². The molecule has 1 N–H and O–H groups in total. The minimum Gasteiger partial charge on any atom is -0.392 e. The van der Waals surface area contributed by atoms with E-state index >= 15 is 0 Å². The lowest BCUT2D eigenvalue weighted by molar-refractivity contribution is 0.343. The number of hydrogen-bond acceptors (Lipinski definition) is 1. The van der Waals surface area contributed by atoms with Crippen molar-refractivity contribution in [3.8, 4) is 0 Å². The SMILES string of the molecule is OCC=Cc1c(F)c(F)cc(F)c1F. The van der Waals surface area contributed by atoms with E-state index in [0.29, 0.717) is 0 Å². The van der Waals surface area contributed by atoms with Crippen LogP contribution in [-0.4, -0.2) is 11.7 Å². The van der Waals surface area contributed by atoms with Gasteiger partial charge < -0.3 is 5.11 Å². The highest BCUT2D eigenvalue weighted by molar-refractivity contribution is 5.51. The molecule has 1 aromatic rings. The normalized spacial score (nSPS) is 11.2. The summed E-state index contributed by atoms with van der Waals surface area (Å²) in [5, 5.41) is 8.33. The number of halogens is 4. The monoisotopic (exact) mass is 206 g/mol. The van der Waals surface area contributed by atoms with Gasteiger partial charge in [0, 0.05) is 6.07 Å². The first-order valence-electron chi connectivity index (χ1n) is 3.68. The zero-order valence-electron chi connectivity index (χ0n) is 6.90. The second-order valence-electron chi connectivity index (χ2n) is 2.47. The van der Waals surface area contributed by atoms with Gasteiger partial charge in [-0.2, -0.15) is 0 Å². The summed E-state index contributed by atoms with van der Waals surface area (Å²) in [6.45, 7) is -0.475. The molecule has 0 unspecified atom stereocenters. The second kappa shape index (κ2) is 4.23. The Morgan fingerprint density at radius 1 is 1.07 bits per heavy atom. The van der Waals surface area contributed by atoms with E-state index in [-0.39, 0.29) is 6.07 Å². The molecule has 0 fully saturated rings. The second-order valence-corrected chi connectivity index (χ2v) is 2.47. The lowest BCUT2D eigenvalue weighted by Crippen LogP contribution is -1.98. The molecule has 5 heteroatoms. The Morgan fingerprint density at radius 2 is 1.57 bits per heavy atom. The van der Waals surface area contributed by atoms with Crippen LogP contribution in [0.5, 0.6) is 0 Å². The van der Waals surface area contributed by atoms with Gasteiger partial charge in [-0.05, 0) is 0 Å². The van der Waals surface area contributed by atoms with E-state index in [1.165, 1.54) is 0 Å². The molecule has 1 nitrogen and oxygen atoms in total. The van der Waals surface area contributed by atoms with Crippen LogP contribution in [0.4, 0.5) is 17.6 Å². The van der Waals surface area contributed by atoms with Gasteiger partial charge in [0.1, 0.15) is 0 Å². The summed E-state index contributed by atoms with van der Waals surface area (Å²) in [7, 11) is 0. The third-order valence-electron chi connectivity index (χ3n) is 1.54. The summed E-state index contributed by atoms with van der Waals surface area (Å²) in [6, 6.07) is 0.126. The molecular formula is C9H6F4O. The maximum atomic E-state index is 12.9. The molecule has 0 heterocycles. The average molecular weight is 206 g/mol. The van der Waals surface area contributed by atoms with Crippen molar-refractivity contribution >= 4 is 6.08 Å². The molecular weight excluding hydrogens is 200 g/mol. The van der Waals surface area contributed by atoms with Gasteiger partial charge in [0.25, 0.3) is 0 Å². The van der Waals surface area contributed by atoms with Crippen LogP contribution in [0.25, 0.3) is 6.08 Å². The molecule has 0 aliphatic heterocycles. The molecule has 1 rings (SSSR count). The van der Waals surface area contributed by atoms with Crippen LogP contribution in [-0.2, 0) is 0 Å². The van der Waals surface area contributed by atoms with Crippen molar-refractivity contribution in [3.05, 3.63) is 41.0 Å². The van der Waals surface area contributed by atoms with Crippen LogP contribution in [0, 0.1) is 23.3 Å². The number of rotatable bonds is 2. The zero-order chi connectivity index (χ0) is 10.7. The maximum absolute atomic E-state index is 12.9. The molecule has 0 bridgehead atoms. The summed E-state index contributed by atoms with van der Waals surface area (Å²) < 4.78 is 50.8. The van der Waals surface area contributed by atoms with Crippen LogP contribution < -0.4 is 0 Å². The average Bonchev–Trinajstić information content (AvgIpc) is 2.15. The fraction of sp³-hybridized carbons (Fsp3) is 0.111. The predicted molar refractivity (Wildman–Crippen MR) is 42.4 cm³/mol. The van der Waals surface area contributed by atoms with Crippen molar-refractivity contribution < 1.29 is 22.7 Å². The number of aliphatic hydroxyl groups excluding tert-OH is 1. The molecule has 76 valence electrons. The minimum atomic E-state index is -1.48. The topological polar surface area (TPSA) is 20.2 Å². The molecule has 0 atom stereocenters. The van der Waals surface area contributed by atoms with Gasteiger partial charge in [-0.15, -0.1) is 0 Å². The highest BCUT2D eigenvalue weighted by Gasteiger charge is 2.16. The van der Waals surface area contributed by atoms with Crippen LogP contribution in [0.1, 0.15) is 5.56 Å². The minimum absolute atomic E-state index is 0.126. The van der Waals surface area contributed by atoms with Gasteiger partial charge in [-0.25, -0.2) is 17.6 Å². The summed E-state index contributed by atoms with van der Waals surface area (Å²) in [5.41, 5.74) is -0.837. The Labute approximate surface area is 77.3 Å². The molecule has 0 aliphatic rings. The largest absolute Gasteiger partial charge is 0.392 e. The molecule has 1 aromatic carbocycles. The van der Waals surface area contributed by atoms with E-state index in [4.69, 9.17) is 5.11 Å². The molecule has 0 amide bonds. The molecule has 0 radical (unpaired) electrons. The summed E-state index contributed by atoms with van der Waals surface area (Å²) in [6.07, 6.45) is 1.75. The molecule has 0 aromatic heterocycles. The molecule has 0 spiro atoms. The number of benzene rings is 1. The Hall–Kier alpha value is -1.36. The summed E-state index contributed by atoms with van der Waals surface area (Å²) in [4.78, 5) is 0. The van der Waals surface area contributed by atoms with Crippen molar-refractivity contribution in [2.75, 3.05) is 6.61 Å². The van der Waals surface area contributed by atoms with Crippen molar-refractivity contribution in [2.45, 2.75) is 0 Å². The van der Waals surface area contributed by atoms with Gasteiger partial charge in [0.05, 0.1) is 12.2 Å². The maximum Gasteiger partial charge on any atom is 0.169 e. The van der Waals surface area contributed by atoms with Crippen molar-refractivity contribution in [2.24, 2.45) is 0 Å². The summed E-state index contributed by atoms with van der Waals surface area (Å²) >= 11 is 0. The van der Waals surface area contributed by atoms with E-state index in [9.17, 15) is 17.6 Å². The Balaban J connectivity index is 3.32. The summed E-state index contributed by atoms with van der Waals surface area (Å²) in [5.74, 6) is -5.90. The molecule has 0 saturated carbocycles. The van der Waals surface area contributed by atoms with Crippen molar-refractivity contribution in [1.82, 2.24) is 0 Å². The van der Waals surface area contributed by atoms with Gasteiger partial charge in [0.2, 0.25) is 0 Å². The lowest BCUT2D eigenvalue weighted by Gasteiger charge is -2.01. The van der Waals surface area contributed by atoms with Crippen LogP contribution in [0.2, 0.25) is 0 Å². The first kappa shape index (κ1) is 10.7. The fourth-order valence-electron chi connectivity index (χ4n) is 0.909. The van der Waals surface area contributed by atoms with E-state index in [1.807, 2.05) is 0 Å². The lowest BCUT2D eigenvalue weighted by atomic mass is 10.1. The third-order valence-corrected chi connectivity index (χ3v) is 1.54. The first-order chi connectivity index (χ1) is 6.57. The zero-order valence-corrected chi connectivity index (χ0v) is 6.90. The fourth-order valence-corrected chi connectivity index (χ4v) is 0.909. The Kier molecular flexibility index (Phi) is 3.24. The van der Waals surface area contributed by atoms with Gasteiger partial charge >= 0.3 is 0 Å². The van der Waals surface area contributed by atoms with Crippen LogP contribution in [0.15, 0.2) is 12.1 Å². The van der Waals surface area contributed by atoms with Crippen molar-refractivity contribution in [1.29, 1.82) is 0 Å². The Morgan fingerprint density at radius 3 is 2.00 bits per heavy atom. The number of hydrogen-bond donors (Lipinski definition) is 1.